The monoisotopic (exact) mass is 392 g/mol. The Morgan fingerprint density at radius 1 is 1.29 bits per heavy atom. The van der Waals surface area contributed by atoms with Gasteiger partial charge in [0, 0.05) is 26.7 Å². The molecule has 2 fully saturated rings. The van der Waals surface area contributed by atoms with E-state index in [4.69, 9.17) is 4.74 Å². The summed E-state index contributed by atoms with van der Waals surface area (Å²) < 4.78 is 19.4. The van der Waals surface area contributed by atoms with Gasteiger partial charge in [0.05, 0.1) is 25.2 Å². The zero-order valence-corrected chi connectivity index (χ0v) is 17.1. The van der Waals surface area contributed by atoms with Gasteiger partial charge in [-0.2, -0.15) is 0 Å². The maximum atomic E-state index is 14.2. The highest BCUT2D eigenvalue weighted by Crippen LogP contribution is 2.37. The first-order valence-corrected chi connectivity index (χ1v) is 10.4. The lowest BCUT2D eigenvalue weighted by Crippen LogP contribution is -2.53. The molecule has 156 valence electrons. The molecule has 2 aliphatic rings. The van der Waals surface area contributed by atoms with E-state index in [1.54, 1.807) is 20.1 Å². The van der Waals surface area contributed by atoms with Gasteiger partial charge >= 0.3 is 0 Å². The summed E-state index contributed by atoms with van der Waals surface area (Å²) in [6, 6.07) is 5.10. The van der Waals surface area contributed by atoms with Crippen molar-refractivity contribution in [1.82, 2.24) is 9.80 Å². The number of halogens is 1. The average Bonchev–Trinajstić information content (AvgIpc) is 2.73. The molecule has 0 radical (unpaired) electrons. The van der Waals surface area contributed by atoms with E-state index < -0.39 is 0 Å². The second-order valence-corrected chi connectivity index (χ2v) is 8.11. The maximum absolute atomic E-state index is 14.2. The molecule has 1 aromatic carbocycles. The van der Waals surface area contributed by atoms with Crippen LogP contribution < -0.4 is 0 Å². The lowest BCUT2D eigenvalue weighted by Gasteiger charge is -2.43. The van der Waals surface area contributed by atoms with E-state index in [-0.39, 0.29) is 36.2 Å². The van der Waals surface area contributed by atoms with Crippen LogP contribution in [0.2, 0.25) is 0 Å². The summed E-state index contributed by atoms with van der Waals surface area (Å²) in [6.45, 7) is 5.46. The summed E-state index contributed by atoms with van der Waals surface area (Å²) in [5, 5.41) is 9.77. The minimum absolute atomic E-state index is 0.00302. The molecule has 1 N–H and O–H groups in total. The number of benzene rings is 1. The number of nitrogens with zero attached hydrogens (tertiary/aromatic N) is 2. The Morgan fingerprint density at radius 3 is 2.86 bits per heavy atom. The first kappa shape index (κ1) is 21.2. The summed E-state index contributed by atoms with van der Waals surface area (Å²) >= 11 is 0. The Hall–Kier alpha value is -1.50. The van der Waals surface area contributed by atoms with Crippen LogP contribution >= 0.6 is 0 Å². The molecule has 2 aliphatic heterocycles. The van der Waals surface area contributed by atoms with Gasteiger partial charge in [-0.1, -0.05) is 12.1 Å². The number of aliphatic hydroxyl groups is 1. The number of hydrogen-bond donors (Lipinski definition) is 1. The van der Waals surface area contributed by atoms with Crippen molar-refractivity contribution < 1.29 is 19.0 Å². The molecule has 5 nitrogen and oxygen atoms in total. The van der Waals surface area contributed by atoms with Gasteiger partial charge < -0.3 is 19.6 Å². The van der Waals surface area contributed by atoms with Crippen LogP contribution in [0.3, 0.4) is 0 Å². The summed E-state index contributed by atoms with van der Waals surface area (Å²) in [5.41, 5.74) is 1.59. The molecule has 6 heteroatoms. The third-order valence-electron chi connectivity index (χ3n) is 6.46. The molecule has 0 unspecified atom stereocenters. The van der Waals surface area contributed by atoms with E-state index in [2.05, 4.69) is 4.90 Å². The van der Waals surface area contributed by atoms with Crippen molar-refractivity contribution in [2.24, 2.45) is 5.92 Å². The van der Waals surface area contributed by atoms with Crippen molar-refractivity contribution in [3.05, 3.63) is 35.1 Å². The van der Waals surface area contributed by atoms with Gasteiger partial charge in [0.2, 0.25) is 5.91 Å². The Bertz CT molecular complexity index is 669. The predicted octanol–water partition coefficient (Wildman–Crippen LogP) is 2.56. The standard InChI is InChI=1S/C22H33FN2O3/c1-16-18(7-5-8-21(16)23)19-9-11-24(12-13-28-2)14-20(19)22(27)25-10-4-3-6-17(25)15-26/h5,7-8,17,19-20,26H,3-4,6,9-15H2,1-2H3/t17-,19-,20+/m1/s1. The van der Waals surface area contributed by atoms with E-state index in [1.165, 1.54) is 6.07 Å². The Labute approximate surface area is 167 Å². The SMILES string of the molecule is COCCN1CC[C@H](c2cccc(F)c2C)[C@@H](C(=O)N2CCCC[C@@H]2CO)C1. The Kier molecular flexibility index (Phi) is 7.43. The number of amides is 1. The largest absolute Gasteiger partial charge is 0.394 e. The molecule has 0 spiro atoms. The Morgan fingerprint density at radius 2 is 2.11 bits per heavy atom. The molecular weight excluding hydrogens is 359 g/mol. The van der Waals surface area contributed by atoms with Crippen LogP contribution in [-0.2, 0) is 9.53 Å². The molecule has 1 aromatic rings. The number of hydrogen-bond acceptors (Lipinski definition) is 4. The van der Waals surface area contributed by atoms with Gasteiger partial charge in [-0.3, -0.25) is 4.79 Å². The van der Waals surface area contributed by atoms with Gasteiger partial charge in [-0.05, 0) is 62.3 Å². The predicted molar refractivity (Wildman–Crippen MR) is 107 cm³/mol. The number of rotatable bonds is 6. The highest BCUT2D eigenvalue weighted by atomic mass is 19.1. The van der Waals surface area contributed by atoms with Crippen LogP contribution in [0, 0.1) is 18.7 Å². The van der Waals surface area contributed by atoms with Crippen molar-refractivity contribution in [2.45, 2.75) is 44.6 Å². The summed E-state index contributed by atoms with van der Waals surface area (Å²) in [7, 11) is 1.69. The highest BCUT2D eigenvalue weighted by molar-refractivity contribution is 5.81. The van der Waals surface area contributed by atoms with Gasteiger partial charge in [0.15, 0.2) is 0 Å². The van der Waals surface area contributed by atoms with Crippen molar-refractivity contribution in [3.63, 3.8) is 0 Å². The number of carbonyl (C=O) groups is 1. The third-order valence-corrected chi connectivity index (χ3v) is 6.46. The normalized spacial score (nSPS) is 26.4. The van der Waals surface area contributed by atoms with Crippen LogP contribution in [0.1, 0.15) is 42.7 Å². The van der Waals surface area contributed by atoms with Crippen LogP contribution in [0.25, 0.3) is 0 Å². The van der Waals surface area contributed by atoms with E-state index in [0.717, 1.165) is 44.3 Å². The molecule has 3 rings (SSSR count). The fourth-order valence-electron chi connectivity index (χ4n) is 4.78. The third kappa shape index (κ3) is 4.56. The van der Waals surface area contributed by atoms with Crippen molar-refractivity contribution in [3.8, 4) is 0 Å². The van der Waals surface area contributed by atoms with Crippen LogP contribution in [0.4, 0.5) is 4.39 Å². The molecule has 0 aromatic heterocycles. The summed E-state index contributed by atoms with van der Waals surface area (Å²) in [4.78, 5) is 17.7. The van der Waals surface area contributed by atoms with Gasteiger partial charge in [0.25, 0.3) is 0 Å². The maximum Gasteiger partial charge on any atom is 0.227 e. The number of carbonyl (C=O) groups excluding carboxylic acids is 1. The number of ether oxygens (including phenoxy) is 1. The van der Waals surface area contributed by atoms with E-state index in [1.807, 2.05) is 11.0 Å². The Balaban J connectivity index is 1.87. The number of aliphatic hydroxyl groups excluding tert-OH is 1. The van der Waals surface area contributed by atoms with E-state index in [9.17, 15) is 14.3 Å². The minimum Gasteiger partial charge on any atom is -0.394 e. The van der Waals surface area contributed by atoms with E-state index in [0.29, 0.717) is 25.3 Å². The second kappa shape index (κ2) is 9.81. The molecule has 2 heterocycles. The van der Waals surface area contributed by atoms with Gasteiger partial charge in [-0.25, -0.2) is 4.39 Å². The average molecular weight is 393 g/mol. The fourth-order valence-corrected chi connectivity index (χ4v) is 4.78. The van der Waals surface area contributed by atoms with E-state index >= 15 is 0 Å². The van der Waals surface area contributed by atoms with Crippen molar-refractivity contribution >= 4 is 5.91 Å². The van der Waals surface area contributed by atoms with Crippen LogP contribution in [0.5, 0.6) is 0 Å². The topological polar surface area (TPSA) is 53.0 Å². The summed E-state index contributed by atoms with van der Waals surface area (Å²) in [6.07, 6.45) is 3.70. The molecule has 0 saturated carbocycles. The molecular formula is C22H33FN2O3. The highest BCUT2D eigenvalue weighted by Gasteiger charge is 2.40. The molecule has 2 saturated heterocycles. The number of likely N-dealkylation sites (tertiary alicyclic amines) is 2. The minimum atomic E-state index is -0.224. The zero-order chi connectivity index (χ0) is 20.1. The summed E-state index contributed by atoms with van der Waals surface area (Å²) in [5.74, 6) is -0.326. The molecule has 1 amide bonds. The fraction of sp³-hybridized carbons (Fsp3) is 0.682. The van der Waals surface area contributed by atoms with Gasteiger partial charge in [-0.15, -0.1) is 0 Å². The lowest BCUT2D eigenvalue weighted by atomic mass is 9.77. The van der Waals surface area contributed by atoms with Gasteiger partial charge in [0.1, 0.15) is 5.82 Å². The van der Waals surface area contributed by atoms with Crippen molar-refractivity contribution in [1.29, 1.82) is 0 Å². The number of methoxy groups -OCH3 is 1. The second-order valence-electron chi connectivity index (χ2n) is 8.11. The molecule has 0 aliphatic carbocycles. The van der Waals surface area contributed by atoms with Crippen LogP contribution in [-0.4, -0.2) is 73.4 Å². The zero-order valence-electron chi connectivity index (χ0n) is 17.1. The molecule has 28 heavy (non-hydrogen) atoms. The number of piperidine rings is 2. The first-order chi connectivity index (χ1) is 13.6. The van der Waals surface area contributed by atoms with Crippen LogP contribution in [0.15, 0.2) is 18.2 Å². The first-order valence-electron chi connectivity index (χ1n) is 10.4. The smallest absolute Gasteiger partial charge is 0.227 e. The van der Waals surface area contributed by atoms with Crippen molar-refractivity contribution in [2.75, 3.05) is 46.5 Å². The lowest BCUT2D eigenvalue weighted by molar-refractivity contribution is -0.143. The molecule has 3 atom stereocenters. The molecule has 0 bridgehead atoms. The quantitative estimate of drug-likeness (QED) is 0.809.